The van der Waals surface area contributed by atoms with Crippen molar-refractivity contribution < 1.29 is 23.7 Å². The van der Waals surface area contributed by atoms with Crippen LogP contribution in [0.25, 0.3) is 34.2 Å². The third kappa shape index (κ3) is 20.3. The van der Waals surface area contributed by atoms with Gasteiger partial charge in [-0.25, -0.2) is 29.9 Å². The van der Waals surface area contributed by atoms with Crippen molar-refractivity contribution in [2.45, 2.75) is 118 Å². The fourth-order valence-electron chi connectivity index (χ4n) is 15.2. The van der Waals surface area contributed by atoms with E-state index in [0.29, 0.717) is 30.8 Å². The highest BCUT2D eigenvalue weighted by atomic mass is 35.5. The molecule has 5 aromatic carbocycles. The average molecular weight is 1560 g/mol. The normalized spacial score (nSPS) is 17.4. The van der Waals surface area contributed by atoms with Crippen LogP contribution in [0.2, 0.25) is 0 Å². The van der Waals surface area contributed by atoms with E-state index in [1.54, 1.807) is 6.07 Å². The van der Waals surface area contributed by atoms with Gasteiger partial charge in [0.25, 0.3) is 0 Å². The number of nitrogens with zero attached hydrogens (tertiary/aromatic N) is 13. The molecule has 114 heavy (non-hydrogen) atoms. The molecule has 3 saturated heterocycles. The molecule has 3 fully saturated rings. The number of H-pyrrole nitrogens is 1. The SMILES string of the molecule is CCCN1CCc2c(nc(-c3ccc(Nc4cccc(=O)[nH]4)cc3)nc2N2CCOC[C@@H]2C)C1.CCCN1CCc2c(nc(-c3ccc(Nc4cccc(OCc5ccccc5)n4)cc3)nc2N2CCOC[C@@H]2C)C1.C[C@H]1COCCN1c1nc(-c2ccc(Nc3cccc(OCc4ccccc4)n3)cc2)nc2c1CCNC2.Cl. The standard InChI is InChI=1S/C33H38N6O2.C30H32N6O2.C26H32N6O2.ClH/c1-3-17-38-18-16-28-29(21-38)35-32(37-33(28)39-19-20-40-22-24(39)2)26-12-14-27(15-13-26)34-30-10-7-11-31(36-30)41-23-25-8-5-4-6-9-25;1-21-19-37-17-16-36(21)30-25-14-15-31-18-26(25)33-29(35-30)23-10-12-24(13-11-23)32-27-8-5-9-28(34-27)38-20-22-6-3-2-4-7-22;1-3-12-31-13-11-21-22(16-31)28-25(30-26(21)32-14-15-34-17-18(32)2)19-7-9-20(10-8-19)27-23-5-4-6-24(33)29-23;/h4-15,24H,3,16-23H2,1-2H3,(H,34,36);2-13,21,31H,14-20H2,1H3,(H,32,34);4-10,18H,3,11-17H2,1-2H3,(H2,27,29,33);1H/t24-;21-;18-;/m000./s1. The average Bonchev–Trinajstić information content (AvgIpc) is 0.804. The highest BCUT2D eigenvalue weighted by molar-refractivity contribution is 5.85. The molecule has 592 valence electrons. The number of hydrogen-bond acceptors (Lipinski definition) is 23. The molecule has 6 aliphatic heterocycles. The van der Waals surface area contributed by atoms with Crippen molar-refractivity contribution in [1.82, 2.24) is 60.0 Å². The highest BCUT2D eigenvalue weighted by Crippen LogP contribution is 2.36. The van der Waals surface area contributed by atoms with Crippen LogP contribution in [0.15, 0.2) is 193 Å². The van der Waals surface area contributed by atoms with Crippen LogP contribution < -0.4 is 51.0 Å². The summed E-state index contributed by atoms with van der Waals surface area (Å²) in [6.45, 7) is 26.7. The Hall–Kier alpha value is -11.0. The van der Waals surface area contributed by atoms with Crippen molar-refractivity contribution in [2.75, 3.05) is 123 Å². The molecule has 24 nitrogen and oxygen atoms in total. The molecule has 12 heterocycles. The van der Waals surface area contributed by atoms with Gasteiger partial charge >= 0.3 is 0 Å². The summed E-state index contributed by atoms with van der Waals surface area (Å²) in [5.74, 6) is 8.76. The largest absolute Gasteiger partial charge is 0.473 e. The molecule has 6 aliphatic rings. The van der Waals surface area contributed by atoms with Gasteiger partial charge < -0.3 is 64.6 Å². The number of aromatic nitrogens is 9. The van der Waals surface area contributed by atoms with E-state index in [-0.39, 0.29) is 36.1 Å². The third-order valence-electron chi connectivity index (χ3n) is 21.1. The van der Waals surface area contributed by atoms with E-state index < -0.39 is 0 Å². The first kappa shape index (κ1) is 79.7. The first-order valence-electron chi connectivity index (χ1n) is 40.0. The van der Waals surface area contributed by atoms with Gasteiger partial charge in [-0.05, 0) is 175 Å². The number of benzene rings is 5. The van der Waals surface area contributed by atoms with Crippen LogP contribution in [0.4, 0.5) is 52.0 Å². The molecule has 0 unspecified atom stereocenters. The van der Waals surface area contributed by atoms with Crippen LogP contribution in [0.5, 0.6) is 11.8 Å². The van der Waals surface area contributed by atoms with E-state index in [0.717, 1.165) is 252 Å². The van der Waals surface area contributed by atoms with Gasteiger partial charge in [0.05, 0.1) is 74.8 Å². The molecule has 0 amide bonds. The Bertz CT molecular complexity index is 5010. The predicted octanol–water partition coefficient (Wildman–Crippen LogP) is 14.6. The second kappa shape index (κ2) is 38.7. The minimum Gasteiger partial charge on any atom is -0.473 e. The molecule has 0 bridgehead atoms. The Kier molecular flexibility index (Phi) is 27.1. The van der Waals surface area contributed by atoms with E-state index >= 15 is 0 Å². The maximum atomic E-state index is 11.6. The van der Waals surface area contributed by atoms with Gasteiger partial charge in [0, 0.05) is 121 Å². The second-order valence-electron chi connectivity index (χ2n) is 29.5. The molecule has 0 aliphatic carbocycles. The molecule has 25 heteroatoms. The number of pyridine rings is 3. The number of anilines is 9. The Labute approximate surface area is 674 Å². The monoisotopic (exact) mass is 1550 g/mol. The van der Waals surface area contributed by atoms with Crippen LogP contribution in [-0.2, 0) is 66.3 Å². The van der Waals surface area contributed by atoms with Crippen LogP contribution in [0.3, 0.4) is 0 Å². The fourth-order valence-corrected chi connectivity index (χ4v) is 15.2. The van der Waals surface area contributed by atoms with E-state index in [1.165, 1.54) is 22.8 Å². The van der Waals surface area contributed by atoms with E-state index in [1.807, 2.05) is 140 Å². The maximum absolute atomic E-state index is 11.6. The van der Waals surface area contributed by atoms with Crippen molar-refractivity contribution in [3.8, 4) is 45.9 Å². The van der Waals surface area contributed by atoms with Gasteiger partial charge in [0.1, 0.15) is 48.1 Å². The number of hydrogen-bond donors (Lipinski definition) is 5. The van der Waals surface area contributed by atoms with Crippen molar-refractivity contribution >= 4 is 64.4 Å². The van der Waals surface area contributed by atoms with Crippen molar-refractivity contribution in [2.24, 2.45) is 0 Å². The van der Waals surface area contributed by atoms with Crippen LogP contribution in [0, 0.1) is 0 Å². The zero-order valence-electron chi connectivity index (χ0n) is 65.8. The van der Waals surface area contributed by atoms with E-state index in [4.69, 9.17) is 53.6 Å². The van der Waals surface area contributed by atoms with Crippen molar-refractivity contribution in [1.29, 1.82) is 0 Å². The lowest BCUT2D eigenvalue weighted by Gasteiger charge is -2.37. The zero-order valence-corrected chi connectivity index (χ0v) is 66.6. The number of aromatic amines is 1. The zero-order chi connectivity index (χ0) is 77.2. The summed E-state index contributed by atoms with van der Waals surface area (Å²) in [6.07, 6.45) is 5.19. The number of rotatable bonds is 22. The Balaban J connectivity index is 0.000000141. The topological polar surface area (TPSA) is 246 Å². The van der Waals surface area contributed by atoms with Gasteiger partial charge in [-0.2, -0.15) is 9.97 Å². The Morgan fingerprint density at radius 1 is 0.430 bits per heavy atom. The quantitative estimate of drug-likeness (QED) is 0.0423. The summed E-state index contributed by atoms with van der Waals surface area (Å²) >= 11 is 0. The molecule has 6 aromatic heterocycles. The summed E-state index contributed by atoms with van der Waals surface area (Å²) in [6, 6.07) is 62.1. The van der Waals surface area contributed by atoms with Gasteiger partial charge in [0.2, 0.25) is 17.3 Å². The fraction of sp³-hybridized carbons (Fsp3) is 0.360. The second-order valence-corrected chi connectivity index (χ2v) is 29.5. The van der Waals surface area contributed by atoms with Crippen LogP contribution >= 0.6 is 12.4 Å². The molecule has 0 radical (unpaired) electrons. The minimum absolute atomic E-state index is 0. The molecule has 0 spiro atoms. The lowest BCUT2D eigenvalue weighted by Crippen LogP contribution is -2.45. The smallest absolute Gasteiger partial charge is 0.249 e. The number of morpholine rings is 3. The predicted molar refractivity (Wildman–Crippen MR) is 453 cm³/mol. The maximum Gasteiger partial charge on any atom is 0.249 e. The minimum atomic E-state index is -0.133. The van der Waals surface area contributed by atoms with Gasteiger partial charge in [-0.1, -0.05) is 92.7 Å². The first-order valence-corrected chi connectivity index (χ1v) is 40.0. The van der Waals surface area contributed by atoms with Crippen molar-refractivity contribution in [3.05, 3.63) is 243 Å². The Morgan fingerprint density at radius 2 is 0.833 bits per heavy atom. The van der Waals surface area contributed by atoms with Crippen molar-refractivity contribution in [3.63, 3.8) is 0 Å². The molecule has 11 aromatic rings. The Morgan fingerprint density at radius 3 is 1.25 bits per heavy atom. The summed E-state index contributed by atoms with van der Waals surface area (Å²) in [4.78, 5) is 66.2. The lowest BCUT2D eigenvalue weighted by atomic mass is 10.0. The molecule has 3 atom stereocenters. The summed E-state index contributed by atoms with van der Waals surface area (Å²) in [5, 5.41) is 13.5. The third-order valence-corrected chi connectivity index (χ3v) is 21.1. The highest BCUT2D eigenvalue weighted by Gasteiger charge is 2.32. The number of nitrogens with one attached hydrogen (secondary N) is 5. The molecular weight excluding hydrogens is 1450 g/mol. The van der Waals surface area contributed by atoms with Gasteiger partial charge in [-0.3, -0.25) is 14.6 Å². The first-order chi connectivity index (χ1) is 55.5. The molecule has 0 saturated carbocycles. The van der Waals surface area contributed by atoms with E-state index in [2.05, 4.69) is 132 Å². The van der Waals surface area contributed by atoms with Gasteiger partial charge in [-0.15, -0.1) is 12.4 Å². The summed E-state index contributed by atoms with van der Waals surface area (Å²) in [7, 11) is 0. The lowest BCUT2D eigenvalue weighted by molar-refractivity contribution is 0.0983. The summed E-state index contributed by atoms with van der Waals surface area (Å²) < 4.78 is 28.9. The number of halogens is 1. The molecule has 5 N–H and O–H groups in total. The molecular formula is C89H103ClN18O6. The number of fused-ring (bicyclic) bond motifs is 3. The van der Waals surface area contributed by atoms with Crippen LogP contribution in [-0.4, -0.2) is 165 Å². The summed E-state index contributed by atoms with van der Waals surface area (Å²) in [5.41, 5.74) is 15.0. The van der Waals surface area contributed by atoms with E-state index in [9.17, 15) is 4.79 Å². The number of ether oxygens (including phenoxy) is 5. The van der Waals surface area contributed by atoms with Gasteiger partial charge in [0.15, 0.2) is 17.5 Å². The van der Waals surface area contributed by atoms with Crippen LogP contribution in [0.1, 0.15) is 92.4 Å². The molecule has 17 rings (SSSR count).